The minimum atomic E-state index is -0.272. The standard InChI is InChI=1S/C24H18ClN3O2/c1-16-7-11-18(12-8-16)22-27-24(30-28-22)21(15-17-9-13-20(25)14-10-17)26-23(29)19-5-3-2-4-6-19/h2-15H,1H3,(H,26,29)/b21-15-. The molecular weight excluding hydrogens is 398 g/mol. The molecule has 6 heteroatoms. The van der Waals surface area contributed by atoms with Gasteiger partial charge in [0, 0.05) is 16.1 Å². The molecule has 148 valence electrons. The molecule has 4 aromatic rings. The summed E-state index contributed by atoms with van der Waals surface area (Å²) in [7, 11) is 0. The van der Waals surface area contributed by atoms with E-state index in [0.717, 1.165) is 16.7 Å². The summed E-state index contributed by atoms with van der Waals surface area (Å²) in [5.41, 5.74) is 3.73. The van der Waals surface area contributed by atoms with Crippen LogP contribution in [0.2, 0.25) is 5.02 Å². The number of benzene rings is 3. The summed E-state index contributed by atoms with van der Waals surface area (Å²) in [4.78, 5) is 17.2. The molecule has 1 amide bonds. The van der Waals surface area contributed by atoms with Gasteiger partial charge in [0.05, 0.1) is 0 Å². The van der Waals surface area contributed by atoms with Crippen molar-refractivity contribution in [2.75, 3.05) is 0 Å². The molecule has 0 saturated carbocycles. The van der Waals surface area contributed by atoms with Gasteiger partial charge in [0.2, 0.25) is 5.82 Å². The monoisotopic (exact) mass is 415 g/mol. The number of aryl methyl sites for hydroxylation is 1. The van der Waals surface area contributed by atoms with Crippen molar-refractivity contribution in [3.63, 3.8) is 0 Å². The van der Waals surface area contributed by atoms with Crippen molar-refractivity contribution < 1.29 is 9.32 Å². The third kappa shape index (κ3) is 4.64. The van der Waals surface area contributed by atoms with Gasteiger partial charge in [-0.25, -0.2) is 0 Å². The van der Waals surface area contributed by atoms with Crippen molar-refractivity contribution in [1.82, 2.24) is 15.5 Å². The summed E-state index contributed by atoms with van der Waals surface area (Å²) in [6, 6.07) is 24.0. The van der Waals surface area contributed by atoms with E-state index in [1.54, 1.807) is 42.5 Å². The largest absolute Gasteiger partial charge is 0.332 e. The van der Waals surface area contributed by atoms with Crippen LogP contribution >= 0.6 is 11.6 Å². The van der Waals surface area contributed by atoms with Crippen molar-refractivity contribution in [1.29, 1.82) is 0 Å². The Morgan fingerprint density at radius 2 is 1.67 bits per heavy atom. The van der Waals surface area contributed by atoms with Crippen LogP contribution < -0.4 is 5.32 Å². The number of amides is 1. The highest BCUT2D eigenvalue weighted by atomic mass is 35.5. The maximum Gasteiger partial charge on any atom is 0.274 e. The fourth-order valence-electron chi connectivity index (χ4n) is 2.81. The topological polar surface area (TPSA) is 68.0 Å². The maximum atomic E-state index is 12.7. The number of carbonyl (C=O) groups is 1. The van der Waals surface area contributed by atoms with E-state index in [9.17, 15) is 4.79 Å². The van der Waals surface area contributed by atoms with E-state index in [1.165, 1.54) is 0 Å². The highest BCUT2D eigenvalue weighted by Crippen LogP contribution is 2.21. The zero-order valence-electron chi connectivity index (χ0n) is 16.2. The molecule has 1 N–H and O–H groups in total. The Hall–Kier alpha value is -3.70. The van der Waals surface area contributed by atoms with Crippen LogP contribution in [-0.2, 0) is 0 Å². The lowest BCUT2D eigenvalue weighted by Crippen LogP contribution is -2.22. The van der Waals surface area contributed by atoms with Gasteiger partial charge in [-0.05, 0) is 42.8 Å². The predicted octanol–water partition coefficient (Wildman–Crippen LogP) is 5.63. The van der Waals surface area contributed by atoms with Crippen LogP contribution in [0.3, 0.4) is 0 Å². The van der Waals surface area contributed by atoms with Crippen LogP contribution in [0.15, 0.2) is 83.4 Å². The lowest BCUT2D eigenvalue weighted by atomic mass is 10.1. The first kappa shape index (κ1) is 19.6. The molecule has 0 radical (unpaired) electrons. The number of rotatable bonds is 5. The van der Waals surface area contributed by atoms with E-state index < -0.39 is 0 Å². The second kappa shape index (κ2) is 8.76. The first-order valence-corrected chi connectivity index (χ1v) is 9.71. The average Bonchev–Trinajstić information content (AvgIpc) is 3.26. The number of nitrogens with zero attached hydrogens (tertiary/aromatic N) is 2. The molecule has 0 aliphatic rings. The van der Waals surface area contributed by atoms with E-state index in [0.29, 0.717) is 22.1 Å². The van der Waals surface area contributed by atoms with Crippen LogP contribution in [0.1, 0.15) is 27.4 Å². The van der Waals surface area contributed by atoms with Gasteiger partial charge in [-0.2, -0.15) is 4.98 Å². The Labute approximate surface area is 179 Å². The zero-order chi connectivity index (χ0) is 20.9. The molecule has 0 fully saturated rings. The second-order valence-electron chi connectivity index (χ2n) is 6.72. The molecule has 30 heavy (non-hydrogen) atoms. The smallest absolute Gasteiger partial charge is 0.274 e. The van der Waals surface area contributed by atoms with Crippen LogP contribution in [-0.4, -0.2) is 16.0 Å². The number of hydrogen-bond acceptors (Lipinski definition) is 4. The van der Waals surface area contributed by atoms with E-state index in [1.807, 2.05) is 49.4 Å². The van der Waals surface area contributed by atoms with Crippen LogP contribution in [0.4, 0.5) is 0 Å². The van der Waals surface area contributed by atoms with Gasteiger partial charge >= 0.3 is 0 Å². The van der Waals surface area contributed by atoms with E-state index in [-0.39, 0.29) is 11.8 Å². The molecule has 1 heterocycles. The molecule has 0 bridgehead atoms. The summed E-state index contributed by atoms with van der Waals surface area (Å²) in [6.07, 6.45) is 1.77. The average molecular weight is 416 g/mol. The number of nitrogens with one attached hydrogen (secondary N) is 1. The highest BCUT2D eigenvalue weighted by Gasteiger charge is 2.16. The Morgan fingerprint density at radius 3 is 2.37 bits per heavy atom. The molecule has 0 aliphatic carbocycles. The minimum absolute atomic E-state index is 0.213. The van der Waals surface area contributed by atoms with Gasteiger partial charge in [0.25, 0.3) is 11.8 Å². The second-order valence-corrected chi connectivity index (χ2v) is 7.16. The summed E-state index contributed by atoms with van der Waals surface area (Å²) in [6.45, 7) is 2.01. The van der Waals surface area contributed by atoms with Gasteiger partial charge in [-0.15, -0.1) is 0 Å². The van der Waals surface area contributed by atoms with Gasteiger partial charge in [0.15, 0.2) is 0 Å². The van der Waals surface area contributed by atoms with Crippen molar-refractivity contribution in [3.8, 4) is 11.4 Å². The first-order chi connectivity index (χ1) is 14.6. The van der Waals surface area contributed by atoms with Gasteiger partial charge in [-0.1, -0.05) is 76.9 Å². The minimum Gasteiger partial charge on any atom is -0.332 e. The predicted molar refractivity (Wildman–Crippen MR) is 118 cm³/mol. The number of carbonyl (C=O) groups excluding carboxylic acids is 1. The maximum absolute atomic E-state index is 12.7. The Bertz CT molecular complexity index is 1180. The van der Waals surface area contributed by atoms with Crippen molar-refractivity contribution in [2.45, 2.75) is 6.92 Å². The summed E-state index contributed by atoms with van der Waals surface area (Å²) < 4.78 is 5.47. The van der Waals surface area contributed by atoms with E-state index in [2.05, 4.69) is 15.5 Å². The lowest BCUT2D eigenvalue weighted by Gasteiger charge is -2.07. The summed E-state index contributed by atoms with van der Waals surface area (Å²) in [5.74, 6) is 0.386. The number of hydrogen-bond donors (Lipinski definition) is 1. The van der Waals surface area contributed by atoms with Crippen LogP contribution in [0, 0.1) is 6.92 Å². The third-order valence-corrected chi connectivity index (χ3v) is 4.68. The molecule has 3 aromatic carbocycles. The highest BCUT2D eigenvalue weighted by molar-refractivity contribution is 6.30. The SMILES string of the molecule is Cc1ccc(-c2noc(/C(=C/c3ccc(Cl)cc3)NC(=O)c3ccccc3)n2)cc1. The first-order valence-electron chi connectivity index (χ1n) is 9.33. The fourth-order valence-corrected chi connectivity index (χ4v) is 2.94. The molecule has 1 aromatic heterocycles. The van der Waals surface area contributed by atoms with Gasteiger partial charge in [-0.3, -0.25) is 4.79 Å². The Kier molecular flexibility index (Phi) is 5.72. The molecule has 5 nitrogen and oxygen atoms in total. The Morgan fingerprint density at radius 1 is 0.967 bits per heavy atom. The zero-order valence-corrected chi connectivity index (χ0v) is 16.9. The van der Waals surface area contributed by atoms with E-state index >= 15 is 0 Å². The van der Waals surface area contributed by atoms with Crippen molar-refractivity contribution in [2.24, 2.45) is 0 Å². The molecule has 4 rings (SSSR count). The third-order valence-electron chi connectivity index (χ3n) is 4.43. The summed E-state index contributed by atoms with van der Waals surface area (Å²) >= 11 is 5.98. The van der Waals surface area contributed by atoms with Crippen LogP contribution in [0.25, 0.3) is 23.2 Å². The normalized spacial score (nSPS) is 11.3. The van der Waals surface area contributed by atoms with Gasteiger partial charge in [0.1, 0.15) is 5.70 Å². The van der Waals surface area contributed by atoms with E-state index in [4.69, 9.17) is 16.1 Å². The quantitative estimate of drug-likeness (QED) is 0.459. The molecule has 0 unspecified atom stereocenters. The van der Waals surface area contributed by atoms with Crippen LogP contribution in [0.5, 0.6) is 0 Å². The molecular formula is C24H18ClN3O2. The number of aromatic nitrogens is 2. The van der Waals surface area contributed by atoms with Crippen molar-refractivity contribution in [3.05, 3.63) is 106 Å². The number of halogens is 1. The van der Waals surface area contributed by atoms with Crippen molar-refractivity contribution >= 4 is 29.3 Å². The Balaban J connectivity index is 1.69. The lowest BCUT2D eigenvalue weighted by molar-refractivity contribution is 0.0973. The molecule has 0 spiro atoms. The molecule has 0 aliphatic heterocycles. The fraction of sp³-hybridized carbons (Fsp3) is 0.0417. The molecule has 0 atom stereocenters. The molecule has 0 saturated heterocycles. The van der Waals surface area contributed by atoms with Gasteiger partial charge < -0.3 is 9.84 Å². The summed E-state index contributed by atoms with van der Waals surface area (Å²) in [5, 5.41) is 7.58.